The second kappa shape index (κ2) is 8.63. The van der Waals surface area contributed by atoms with Gasteiger partial charge in [0, 0.05) is 25.9 Å². The number of methoxy groups -OCH3 is 1. The molecule has 1 saturated heterocycles. The first-order valence-electron chi connectivity index (χ1n) is 8.76. The number of hydrogen-bond donors (Lipinski definition) is 2. The van der Waals surface area contributed by atoms with E-state index in [2.05, 4.69) is 20.8 Å². The fraction of sp³-hybridized carbons (Fsp3) is 0.444. The molecule has 2 atom stereocenters. The highest BCUT2D eigenvalue weighted by molar-refractivity contribution is 5.89. The summed E-state index contributed by atoms with van der Waals surface area (Å²) in [4.78, 5) is 30.6. The molecule has 3 rings (SSSR count). The molecule has 0 spiro atoms. The van der Waals surface area contributed by atoms with E-state index >= 15 is 0 Å². The number of rotatable bonds is 5. The van der Waals surface area contributed by atoms with Crippen molar-refractivity contribution in [2.24, 2.45) is 0 Å². The number of piperidine rings is 1. The third-order valence-electron chi connectivity index (χ3n) is 4.41. The van der Waals surface area contributed by atoms with Gasteiger partial charge in [-0.15, -0.1) is 0 Å². The van der Waals surface area contributed by atoms with Gasteiger partial charge in [-0.25, -0.2) is 4.79 Å². The van der Waals surface area contributed by atoms with Crippen molar-refractivity contribution in [2.45, 2.75) is 25.3 Å². The molecule has 1 aromatic heterocycles. The van der Waals surface area contributed by atoms with Crippen molar-refractivity contribution >= 4 is 17.6 Å². The van der Waals surface area contributed by atoms with Gasteiger partial charge in [0.2, 0.25) is 11.8 Å². The predicted molar refractivity (Wildman–Crippen MR) is 97.2 cm³/mol. The van der Waals surface area contributed by atoms with Crippen molar-refractivity contribution < 1.29 is 18.8 Å². The first kappa shape index (κ1) is 18.8. The predicted octanol–water partition coefficient (Wildman–Crippen LogP) is 1.53. The number of urea groups is 1. The van der Waals surface area contributed by atoms with Crippen molar-refractivity contribution in [1.29, 1.82) is 0 Å². The number of para-hydroxylation sites is 1. The number of amides is 3. The summed E-state index contributed by atoms with van der Waals surface area (Å²) in [6, 6.07) is 8.68. The molecule has 2 heterocycles. The maximum Gasteiger partial charge on any atom is 0.321 e. The number of ether oxygens (including phenoxy) is 1. The third-order valence-corrected chi connectivity index (χ3v) is 4.41. The number of carbonyl (C=O) groups is 2. The maximum absolute atomic E-state index is 12.6. The van der Waals surface area contributed by atoms with E-state index < -0.39 is 0 Å². The molecule has 1 aromatic carbocycles. The van der Waals surface area contributed by atoms with E-state index in [9.17, 15) is 9.59 Å². The fourth-order valence-corrected chi connectivity index (χ4v) is 3.15. The Labute approximate surface area is 157 Å². The van der Waals surface area contributed by atoms with Crippen LogP contribution in [0.3, 0.4) is 0 Å². The molecule has 3 amide bonds. The van der Waals surface area contributed by atoms with Crippen LogP contribution in [-0.4, -0.2) is 59.8 Å². The molecule has 144 valence electrons. The van der Waals surface area contributed by atoms with Gasteiger partial charge in [0.15, 0.2) is 5.82 Å². The number of aryl methyl sites for hydroxylation is 1. The highest BCUT2D eigenvalue weighted by atomic mass is 16.5. The summed E-state index contributed by atoms with van der Waals surface area (Å²) in [5, 5.41) is 9.62. The molecule has 9 nitrogen and oxygen atoms in total. The van der Waals surface area contributed by atoms with Gasteiger partial charge in [0.05, 0.1) is 12.0 Å². The maximum atomic E-state index is 12.6. The summed E-state index contributed by atoms with van der Waals surface area (Å²) in [5.74, 6) is 0.594. The van der Waals surface area contributed by atoms with E-state index in [4.69, 9.17) is 9.26 Å². The van der Waals surface area contributed by atoms with Gasteiger partial charge in [-0.3, -0.25) is 4.79 Å². The number of benzene rings is 1. The van der Waals surface area contributed by atoms with Crippen LogP contribution in [0, 0.1) is 6.92 Å². The topological polar surface area (TPSA) is 110 Å². The third kappa shape index (κ3) is 4.82. The summed E-state index contributed by atoms with van der Waals surface area (Å²) in [7, 11) is 1.46. The summed E-state index contributed by atoms with van der Waals surface area (Å²) in [6.45, 7) is 2.54. The second-order valence-electron chi connectivity index (χ2n) is 6.42. The first-order valence-corrected chi connectivity index (χ1v) is 8.76. The fourth-order valence-electron chi connectivity index (χ4n) is 3.15. The summed E-state index contributed by atoms with van der Waals surface area (Å²) in [6.07, 6.45) is 0.599. The Balaban J connectivity index is 1.71. The molecule has 0 bridgehead atoms. The van der Waals surface area contributed by atoms with Crippen LogP contribution in [0.15, 0.2) is 34.9 Å². The van der Waals surface area contributed by atoms with E-state index in [-0.39, 0.29) is 30.5 Å². The van der Waals surface area contributed by atoms with Gasteiger partial charge in [0.25, 0.3) is 0 Å². The van der Waals surface area contributed by atoms with Gasteiger partial charge in [-0.2, -0.15) is 4.98 Å². The zero-order valence-corrected chi connectivity index (χ0v) is 15.3. The van der Waals surface area contributed by atoms with Crippen LogP contribution < -0.4 is 10.6 Å². The average Bonchev–Trinajstić information content (AvgIpc) is 3.09. The number of hydrogen-bond acceptors (Lipinski definition) is 6. The highest BCUT2D eigenvalue weighted by Gasteiger charge is 2.36. The van der Waals surface area contributed by atoms with Gasteiger partial charge in [-0.1, -0.05) is 23.4 Å². The number of nitrogens with zero attached hydrogens (tertiary/aromatic N) is 3. The normalized spacial score (nSPS) is 19.6. The molecule has 0 aliphatic carbocycles. The minimum absolute atomic E-state index is 0.0533. The van der Waals surface area contributed by atoms with Crippen LogP contribution in [0.25, 0.3) is 0 Å². The van der Waals surface area contributed by atoms with E-state index in [0.717, 1.165) is 5.69 Å². The van der Waals surface area contributed by atoms with Crippen molar-refractivity contribution in [3.63, 3.8) is 0 Å². The van der Waals surface area contributed by atoms with Crippen LogP contribution in [0.4, 0.5) is 10.5 Å². The molecule has 27 heavy (non-hydrogen) atoms. The molecule has 2 aromatic rings. The van der Waals surface area contributed by atoms with E-state index in [1.165, 1.54) is 7.11 Å². The Morgan fingerprint density at radius 1 is 1.33 bits per heavy atom. The molecular weight excluding hydrogens is 350 g/mol. The molecule has 0 radical (unpaired) electrons. The molecule has 1 aliphatic heterocycles. The summed E-state index contributed by atoms with van der Waals surface area (Å²) < 4.78 is 10.2. The van der Waals surface area contributed by atoms with Crippen LogP contribution in [0.1, 0.15) is 24.1 Å². The van der Waals surface area contributed by atoms with Crippen LogP contribution in [0.5, 0.6) is 0 Å². The van der Waals surface area contributed by atoms with Crippen LogP contribution >= 0.6 is 0 Å². The smallest absolute Gasteiger partial charge is 0.321 e. The number of aromatic nitrogens is 2. The average molecular weight is 373 g/mol. The zero-order chi connectivity index (χ0) is 19.2. The zero-order valence-electron chi connectivity index (χ0n) is 15.3. The SMILES string of the molecule is COCC(=O)N[C@@H]1CN(C(=O)Nc2ccccc2)CC[C@@H]1c1nc(C)no1. The number of carbonyl (C=O) groups excluding carboxylic acids is 2. The molecule has 2 N–H and O–H groups in total. The quantitative estimate of drug-likeness (QED) is 0.823. The molecule has 9 heteroatoms. The lowest BCUT2D eigenvalue weighted by Crippen LogP contribution is -2.54. The Morgan fingerprint density at radius 2 is 2.11 bits per heavy atom. The Kier molecular flexibility index (Phi) is 6.02. The van der Waals surface area contributed by atoms with Gasteiger partial charge >= 0.3 is 6.03 Å². The Morgan fingerprint density at radius 3 is 2.78 bits per heavy atom. The summed E-state index contributed by atoms with van der Waals surface area (Å²) >= 11 is 0. The minimum atomic E-state index is -0.345. The first-order chi connectivity index (χ1) is 13.1. The number of likely N-dealkylation sites (tertiary alicyclic amines) is 1. The largest absolute Gasteiger partial charge is 0.375 e. The molecule has 1 aliphatic rings. The van der Waals surface area contributed by atoms with E-state index in [0.29, 0.717) is 31.2 Å². The van der Waals surface area contributed by atoms with Crippen LogP contribution in [-0.2, 0) is 9.53 Å². The summed E-state index contributed by atoms with van der Waals surface area (Å²) in [5.41, 5.74) is 0.720. The van der Waals surface area contributed by atoms with Gasteiger partial charge in [-0.05, 0) is 25.5 Å². The van der Waals surface area contributed by atoms with Crippen molar-refractivity contribution in [1.82, 2.24) is 20.4 Å². The standard InChI is InChI=1S/C18H23N5O4/c1-12-19-17(27-22-12)14-8-9-23(10-15(14)21-16(24)11-26-2)18(25)20-13-6-4-3-5-7-13/h3-7,14-15H,8-11H2,1-2H3,(H,20,25)(H,21,24)/t14-,15+/m0/s1. The molecule has 1 fully saturated rings. The van der Waals surface area contributed by atoms with E-state index in [1.807, 2.05) is 30.3 Å². The Bertz CT molecular complexity index is 779. The molecule has 0 saturated carbocycles. The lowest BCUT2D eigenvalue weighted by Gasteiger charge is -2.37. The van der Waals surface area contributed by atoms with Gasteiger partial charge < -0.3 is 24.8 Å². The molecule has 0 unspecified atom stereocenters. The minimum Gasteiger partial charge on any atom is -0.375 e. The van der Waals surface area contributed by atoms with Crippen LogP contribution in [0.2, 0.25) is 0 Å². The highest BCUT2D eigenvalue weighted by Crippen LogP contribution is 2.28. The van der Waals surface area contributed by atoms with Crippen molar-refractivity contribution in [3.8, 4) is 0 Å². The second-order valence-corrected chi connectivity index (χ2v) is 6.42. The van der Waals surface area contributed by atoms with Crippen molar-refractivity contribution in [3.05, 3.63) is 42.0 Å². The van der Waals surface area contributed by atoms with Crippen molar-refractivity contribution in [2.75, 3.05) is 32.1 Å². The number of anilines is 1. The van der Waals surface area contributed by atoms with Gasteiger partial charge in [0.1, 0.15) is 6.61 Å². The Hall–Kier alpha value is -2.94. The number of nitrogens with one attached hydrogen (secondary N) is 2. The molecular formula is C18H23N5O4. The monoisotopic (exact) mass is 373 g/mol. The lowest BCUT2D eigenvalue weighted by molar-refractivity contribution is -0.126. The van der Waals surface area contributed by atoms with E-state index in [1.54, 1.807) is 11.8 Å². The lowest BCUT2D eigenvalue weighted by atomic mass is 9.91.